The number of amides is 1. The zero-order valence-electron chi connectivity index (χ0n) is 10.3. The van der Waals surface area contributed by atoms with E-state index < -0.39 is 0 Å². The first-order chi connectivity index (χ1) is 8.31. The topological polar surface area (TPSA) is 45.5 Å². The molecule has 1 atom stereocenters. The Labute approximate surface area is 102 Å². The highest BCUT2D eigenvalue weighted by molar-refractivity contribution is 5.77. The van der Waals surface area contributed by atoms with Gasteiger partial charge >= 0.3 is 0 Å². The summed E-state index contributed by atoms with van der Waals surface area (Å²) in [7, 11) is 1.93. The molecule has 1 aromatic heterocycles. The van der Waals surface area contributed by atoms with E-state index >= 15 is 0 Å². The predicted octanol–water partition coefficient (Wildman–Crippen LogP) is 1.42. The number of hydrogen-bond donors (Lipinski definition) is 1. The van der Waals surface area contributed by atoms with E-state index in [1.807, 2.05) is 24.1 Å². The highest BCUT2D eigenvalue weighted by atomic mass is 16.3. The predicted molar refractivity (Wildman–Crippen MR) is 65.7 cm³/mol. The number of aryl methyl sites for hydroxylation is 1. The van der Waals surface area contributed by atoms with Gasteiger partial charge in [-0.15, -0.1) is 0 Å². The number of likely N-dealkylation sites (tertiary alicyclic amines) is 1. The first kappa shape index (κ1) is 12.2. The summed E-state index contributed by atoms with van der Waals surface area (Å²) in [5.74, 6) is 1.14. The minimum Gasteiger partial charge on any atom is -0.469 e. The largest absolute Gasteiger partial charge is 0.469 e. The van der Waals surface area contributed by atoms with E-state index in [1.165, 1.54) is 0 Å². The Morgan fingerprint density at radius 3 is 3.24 bits per heavy atom. The van der Waals surface area contributed by atoms with E-state index in [0.29, 0.717) is 18.9 Å². The number of carbonyl (C=O) groups is 1. The molecule has 0 aromatic carbocycles. The summed E-state index contributed by atoms with van der Waals surface area (Å²) in [5.41, 5.74) is 0. The molecule has 4 nitrogen and oxygen atoms in total. The molecule has 1 saturated heterocycles. The Hall–Kier alpha value is -1.29. The van der Waals surface area contributed by atoms with E-state index in [2.05, 4.69) is 5.32 Å². The lowest BCUT2D eigenvalue weighted by atomic mass is 10.2. The van der Waals surface area contributed by atoms with Gasteiger partial charge in [0, 0.05) is 32.0 Å². The van der Waals surface area contributed by atoms with Crippen LogP contribution in [0, 0.1) is 0 Å². The van der Waals surface area contributed by atoms with Crippen molar-refractivity contribution >= 4 is 5.91 Å². The molecular weight excluding hydrogens is 216 g/mol. The first-order valence-electron chi connectivity index (χ1n) is 6.27. The van der Waals surface area contributed by atoms with Crippen LogP contribution in [0.5, 0.6) is 0 Å². The van der Waals surface area contributed by atoms with E-state index in [-0.39, 0.29) is 5.91 Å². The third-order valence-electron chi connectivity index (χ3n) is 3.30. The third-order valence-corrected chi connectivity index (χ3v) is 3.30. The van der Waals surface area contributed by atoms with Crippen LogP contribution in [0.25, 0.3) is 0 Å². The summed E-state index contributed by atoms with van der Waals surface area (Å²) in [6, 6.07) is 4.16. The number of likely N-dealkylation sites (N-methyl/N-ethyl adjacent to an activating group) is 1. The smallest absolute Gasteiger partial charge is 0.223 e. The molecule has 0 aliphatic carbocycles. The molecule has 1 unspecified atom stereocenters. The summed E-state index contributed by atoms with van der Waals surface area (Å²) in [6.45, 7) is 1.80. The van der Waals surface area contributed by atoms with E-state index in [9.17, 15) is 4.79 Å². The fraction of sp³-hybridized carbons (Fsp3) is 0.615. The average Bonchev–Trinajstić information content (AvgIpc) is 2.97. The maximum absolute atomic E-state index is 12.1. The molecule has 1 aliphatic rings. The summed E-state index contributed by atoms with van der Waals surface area (Å²) in [4.78, 5) is 14.1. The molecule has 1 aromatic rings. The van der Waals surface area contributed by atoms with Crippen molar-refractivity contribution in [2.75, 3.05) is 20.1 Å². The Balaban J connectivity index is 1.82. The lowest BCUT2D eigenvalue weighted by Gasteiger charge is -2.24. The zero-order chi connectivity index (χ0) is 12.1. The second-order valence-electron chi connectivity index (χ2n) is 4.52. The Bertz CT molecular complexity index is 348. The SMILES string of the molecule is CNCC1CCCN1C(=O)CCc1ccco1. The molecule has 94 valence electrons. The van der Waals surface area contributed by atoms with E-state index in [1.54, 1.807) is 6.26 Å². The third kappa shape index (κ3) is 3.09. The molecule has 4 heteroatoms. The van der Waals surface area contributed by atoms with Crippen LogP contribution in [-0.4, -0.2) is 37.0 Å². The number of furan rings is 1. The van der Waals surface area contributed by atoms with Crippen molar-refractivity contribution < 1.29 is 9.21 Å². The minimum absolute atomic E-state index is 0.249. The molecule has 1 amide bonds. The van der Waals surface area contributed by atoms with Gasteiger partial charge in [0.05, 0.1) is 6.26 Å². The van der Waals surface area contributed by atoms with Crippen molar-refractivity contribution in [2.45, 2.75) is 31.7 Å². The highest BCUT2D eigenvalue weighted by Crippen LogP contribution is 2.18. The summed E-state index contributed by atoms with van der Waals surface area (Å²) >= 11 is 0. The van der Waals surface area contributed by atoms with E-state index in [4.69, 9.17) is 4.42 Å². The quantitative estimate of drug-likeness (QED) is 0.841. The van der Waals surface area contributed by atoms with Gasteiger partial charge in [-0.2, -0.15) is 0 Å². The van der Waals surface area contributed by atoms with Gasteiger partial charge in [-0.3, -0.25) is 4.79 Å². The molecule has 0 spiro atoms. The van der Waals surface area contributed by atoms with Gasteiger partial charge in [0.15, 0.2) is 0 Å². The maximum atomic E-state index is 12.1. The average molecular weight is 236 g/mol. The van der Waals surface area contributed by atoms with Crippen LogP contribution in [0.3, 0.4) is 0 Å². The van der Waals surface area contributed by atoms with Crippen LogP contribution >= 0.6 is 0 Å². The van der Waals surface area contributed by atoms with Crippen LogP contribution in [0.15, 0.2) is 22.8 Å². The summed E-state index contributed by atoms with van der Waals surface area (Å²) in [6.07, 6.45) is 5.15. The van der Waals surface area contributed by atoms with Gasteiger partial charge in [0.25, 0.3) is 0 Å². The monoisotopic (exact) mass is 236 g/mol. The van der Waals surface area contributed by atoms with Crippen molar-refractivity contribution in [3.63, 3.8) is 0 Å². The van der Waals surface area contributed by atoms with Crippen LogP contribution in [0.2, 0.25) is 0 Å². The molecule has 0 saturated carbocycles. The molecule has 2 rings (SSSR count). The van der Waals surface area contributed by atoms with Crippen LogP contribution in [0.4, 0.5) is 0 Å². The molecule has 0 bridgehead atoms. The van der Waals surface area contributed by atoms with Gasteiger partial charge in [-0.05, 0) is 32.0 Å². The Morgan fingerprint density at radius 1 is 1.65 bits per heavy atom. The van der Waals surface area contributed by atoms with Crippen molar-refractivity contribution in [1.29, 1.82) is 0 Å². The molecular formula is C13H20N2O2. The van der Waals surface area contributed by atoms with Crippen LogP contribution < -0.4 is 5.32 Å². The molecule has 1 fully saturated rings. The van der Waals surface area contributed by atoms with Gasteiger partial charge in [-0.25, -0.2) is 0 Å². The van der Waals surface area contributed by atoms with Crippen molar-refractivity contribution in [3.8, 4) is 0 Å². The number of nitrogens with zero attached hydrogens (tertiary/aromatic N) is 1. The van der Waals surface area contributed by atoms with Gasteiger partial charge < -0.3 is 14.6 Å². The van der Waals surface area contributed by atoms with E-state index in [0.717, 1.165) is 31.7 Å². The number of nitrogens with one attached hydrogen (secondary N) is 1. The zero-order valence-corrected chi connectivity index (χ0v) is 10.3. The molecule has 17 heavy (non-hydrogen) atoms. The molecule has 0 radical (unpaired) electrons. The molecule has 1 N–H and O–H groups in total. The lowest BCUT2D eigenvalue weighted by Crippen LogP contribution is -2.40. The fourth-order valence-electron chi connectivity index (χ4n) is 2.44. The Kier molecular flexibility index (Phi) is 4.20. The standard InChI is InChI=1S/C13H20N2O2/c1-14-10-11-4-2-8-15(11)13(16)7-6-12-5-3-9-17-12/h3,5,9,11,14H,2,4,6-8,10H2,1H3. The number of rotatable bonds is 5. The molecule has 1 aliphatic heterocycles. The fourth-order valence-corrected chi connectivity index (χ4v) is 2.44. The molecule has 2 heterocycles. The second-order valence-corrected chi connectivity index (χ2v) is 4.52. The number of hydrogen-bond acceptors (Lipinski definition) is 3. The van der Waals surface area contributed by atoms with Gasteiger partial charge in [-0.1, -0.05) is 0 Å². The summed E-state index contributed by atoms with van der Waals surface area (Å²) < 4.78 is 5.24. The highest BCUT2D eigenvalue weighted by Gasteiger charge is 2.27. The maximum Gasteiger partial charge on any atom is 0.223 e. The van der Waals surface area contributed by atoms with Gasteiger partial charge in [0.1, 0.15) is 5.76 Å². The van der Waals surface area contributed by atoms with Crippen LogP contribution in [0.1, 0.15) is 25.0 Å². The minimum atomic E-state index is 0.249. The number of carbonyl (C=O) groups excluding carboxylic acids is 1. The van der Waals surface area contributed by atoms with Crippen LogP contribution in [-0.2, 0) is 11.2 Å². The van der Waals surface area contributed by atoms with Crippen molar-refractivity contribution in [3.05, 3.63) is 24.2 Å². The van der Waals surface area contributed by atoms with Crippen molar-refractivity contribution in [1.82, 2.24) is 10.2 Å². The van der Waals surface area contributed by atoms with Gasteiger partial charge in [0.2, 0.25) is 5.91 Å². The lowest BCUT2D eigenvalue weighted by molar-refractivity contribution is -0.131. The van der Waals surface area contributed by atoms with Crippen molar-refractivity contribution in [2.24, 2.45) is 0 Å². The first-order valence-corrected chi connectivity index (χ1v) is 6.27. The second kappa shape index (κ2) is 5.87. The normalized spacial score (nSPS) is 19.8. The summed E-state index contributed by atoms with van der Waals surface area (Å²) in [5, 5.41) is 3.15. The Morgan fingerprint density at radius 2 is 2.53 bits per heavy atom.